The van der Waals surface area contributed by atoms with E-state index in [-0.39, 0.29) is 0 Å². The first-order valence-electron chi connectivity index (χ1n) is 8.16. The summed E-state index contributed by atoms with van der Waals surface area (Å²) in [6.07, 6.45) is 4.72. The molecule has 3 rings (SSSR count). The number of aryl methyl sites for hydroxylation is 1. The zero-order valence-corrected chi connectivity index (χ0v) is 14.6. The standard InChI is InChI=1S/C20H24OS/c1-4-16-8-9-20(15(3)14(16)2)21-12-17-6-5-7-19(17)18-10-11-22-13-18/h8-11,13H,4-7,12H2,1-3H3. The molecule has 2 heteroatoms. The maximum Gasteiger partial charge on any atom is 0.122 e. The van der Waals surface area contributed by atoms with Crippen molar-refractivity contribution < 1.29 is 4.74 Å². The molecule has 116 valence electrons. The SMILES string of the molecule is CCc1ccc(OCC2=C(c3ccsc3)CCC2)c(C)c1C. The summed E-state index contributed by atoms with van der Waals surface area (Å²) in [6, 6.07) is 6.58. The molecule has 1 aliphatic rings. The monoisotopic (exact) mass is 312 g/mol. The van der Waals surface area contributed by atoms with Crippen molar-refractivity contribution in [3.8, 4) is 5.75 Å². The Morgan fingerprint density at radius 3 is 2.68 bits per heavy atom. The summed E-state index contributed by atoms with van der Waals surface area (Å²) in [5.41, 5.74) is 8.48. The van der Waals surface area contributed by atoms with Gasteiger partial charge in [0.1, 0.15) is 12.4 Å². The Morgan fingerprint density at radius 2 is 1.95 bits per heavy atom. The molecule has 1 aromatic carbocycles. The molecule has 0 saturated carbocycles. The molecule has 22 heavy (non-hydrogen) atoms. The first kappa shape index (κ1) is 15.4. The molecule has 1 heterocycles. The lowest BCUT2D eigenvalue weighted by atomic mass is 10.0. The topological polar surface area (TPSA) is 9.23 Å². The quantitative estimate of drug-likeness (QED) is 0.663. The second-order valence-electron chi connectivity index (χ2n) is 6.06. The van der Waals surface area contributed by atoms with E-state index in [1.165, 1.54) is 52.7 Å². The average Bonchev–Trinajstić information content (AvgIpc) is 3.19. The number of ether oxygens (including phenoxy) is 1. The highest BCUT2D eigenvalue weighted by molar-refractivity contribution is 7.08. The van der Waals surface area contributed by atoms with Crippen LogP contribution in [0.1, 0.15) is 48.4 Å². The Kier molecular flexibility index (Phi) is 4.68. The first-order chi connectivity index (χ1) is 10.7. The Hall–Kier alpha value is -1.54. The minimum absolute atomic E-state index is 0.733. The van der Waals surface area contributed by atoms with E-state index in [4.69, 9.17) is 4.74 Å². The number of hydrogen-bond donors (Lipinski definition) is 0. The molecule has 0 aliphatic heterocycles. The van der Waals surface area contributed by atoms with Gasteiger partial charge in [-0.15, -0.1) is 0 Å². The minimum Gasteiger partial charge on any atom is -0.489 e. The predicted molar refractivity (Wildman–Crippen MR) is 95.9 cm³/mol. The maximum atomic E-state index is 6.17. The van der Waals surface area contributed by atoms with Gasteiger partial charge in [-0.25, -0.2) is 0 Å². The van der Waals surface area contributed by atoms with Crippen LogP contribution < -0.4 is 4.74 Å². The van der Waals surface area contributed by atoms with Crippen LogP contribution in [0.4, 0.5) is 0 Å². The van der Waals surface area contributed by atoms with Gasteiger partial charge in [-0.05, 0) is 95.8 Å². The first-order valence-corrected chi connectivity index (χ1v) is 9.10. The molecule has 1 nitrogen and oxygen atoms in total. The van der Waals surface area contributed by atoms with Crippen molar-refractivity contribution in [2.24, 2.45) is 0 Å². The van der Waals surface area contributed by atoms with Gasteiger partial charge < -0.3 is 4.74 Å². The van der Waals surface area contributed by atoms with E-state index in [1.54, 1.807) is 11.3 Å². The molecule has 1 aliphatic carbocycles. The van der Waals surface area contributed by atoms with Crippen molar-refractivity contribution >= 4 is 16.9 Å². The molecule has 0 spiro atoms. The molecular weight excluding hydrogens is 288 g/mol. The lowest BCUT2D eigenvalue weighted by Crippen LogP contribution is -2.04. The summed E-state index contributed by atoms with van der Waals surface area (Å²) in [5.74, 6) is 1.04. The third-order valence-corrected chi connectivity index (χ3v) is 5.52. The van der Waals surface area contributed by atoms with Crippen LogP contribution in [0, 0.1) is 13.8 Å². The molecule has 0 amide bonds. The molecule has 0 unspecified atom stereocenters. The van der Waals surface area contributed by atoms with Crippen LogP contribution in [0.15, 0.2) is 34.5 Å². The molecule has 0 radical (unpaired) electrons. The molecule has 2 aromatic rings. The summed E-state index contributed by atoms with van der Waals surface area (Å²) < 4.78 is 6.17. The van der Waals surface area contributed by atoms with Gasteiger partial charge >= 0.3 is 0 Å². The van der Waals surface area contributed by atoms with Crippen molar-refractivity contribution in [3.05, 3.63) is 56.8 Å². The van der Waals surface area contributed by atoms with E-state index in [1.807, 2.05) is 0 Å². The average molecular weight is 312 g/mol. The van der Waals surface area contributed by atoms with Crippen molar-refractivity contribution in [2.75, 3.05) is 6.61 Å². The van der Waals surface area contributed by atoms with Gasteiger partial charge in [0.15, 0.2) is 0 Å². The highest BCUT2D eigenvalue weighted by atomic mass is 32.1. The van der Waals surface area contributed by atoms with E-state index in [0.29, 0.717) is 0 Å². The van der Waals surface area contributed by atoms with Crippen LogP contribution in [0.25, 0.3) is 5.57 Å². The zero-order valence-electron chi connectivity index (χ0n) is 13.7. The summed E-state index contributed by atoms with van der Waals surface area (Å²) in [4.78, 5) is 0. The van der Waals surface area contributed by atoms with Crippen molar-refractivity contribution in [3.63, 3.8) is 0 Å². The number of thiophene rings is 1. The zero-order chi connectivity index (χ0) is 15.5. The van der Waals surface area contributed by atoms with Crippen LogP contribution >= 0.6 is 11.3 Å². The summed E-state index contributed by atoms with van der Waals surface area (Å²) in [5, 5.41) is 4.42. The van der Waals surface area contributed by atoms with Gasteiger partial charge in [0.2, 0.25) is 0 Å². The van der Waals surface area contributed by atoms with Crippen LogP contribution in [0.5, 0.6) is 5.75 Å². The Bertz CT molecular complexity index is 680. The molecule has 1 aromatic heterocycles. The van der Waals surface area contributed by atoms with Gasteiger partial charge in [-0.3, -0.25) is 0 Å². The highest BCUT2D eigenvalue weighted by Crippen LogP contribution is 2.35. The van der Waals surface area contributed by atoms with E-state index in [0.717, 1.165) is 18.8 Å². The smallest absolute Gasteiger partial charge is 0.122 e. The van der Waals surface area contributed by atoms with Crippen molar-refractivity contribution in [1.82, 2.24) is 0 Å². The number of rotatable bonds is 5. The lowest BCUT2D eigenvalue weighted by molar-refractivity contribution is 0.346. The maximum absolute atomic E-state index is 6.17. The Labute approximate surface area is 137 Å². The van der Waals surface area contributed by atoms with Crippen LogP contribution in [-0.4, -0.2) is 6.61 Å². The van der Waals surface area contributed by atoms with Crippen molar-refractivity contribution in [1.29, 1.82) is 0 Å². The Morgan fingerprint density at radius 1 is 1.09 bits per heavy atom. The van der Waals surface area contributed by atoms with Gasteiger partial charge in [-0.1, -0.05) is 13.0 Å². The van der Waals surface area contributed by atoms with Crippen molar-refractivity contribution in [2.45, 2.75) is 46.5 Å². The fourth-order valence-corrected chi connectivity index (χ4v) is 3.98. The molecular formula is C20H24OS. The molecule has 0 atom stereocenters. The largest absolute Gasteiger partial charge is 0.489 e. The molecule has 0 saturated heterocycles. The molecule has 0 fully saturated rings. The van der Waals surface area contributed by atoms with Crippen LogP contribution in [0.2, 0.25) is 0 Å². The third-order valence-electron chi connectivity index (χ3n) is 4.83. The van der Waals surface area contributed by atoms with Gasteiger partial charge in [0, 0.05) is 0 Å². The third kappa shape index (κ3) is 2.98. The van der Waals surface area contributed by atoms with Crippen LogP contribution in [-0.2, 0) is 6.42 Å². The van der Waals surface area contributed by atoms with E-state index in [2.05, 4.69) is 49.7 Å². The number of allylic oxidation sites excluding steroid dienone is 1. The van der Waals surface area contributed by atoms with E-state index < -0.39 is 0 Å². The second kappa shape index (κ2) is 6.70. The lowest BCUT2D eigenvalue weighted by Gasteiger charge is -2.15. The highest BCUT2D eigenvalue weighted by Gasteiger charge is 2.17. The second-order valence-corrected chi connectivity index (χ2v) is 6.84. The number of benzene rings is 1. The van der Waals surface area contributed by atoms with Gasteiger partial charge in [-0.2, -0.15) is 11.3 Å². The summed E-state index contributed by atoms with van der Waals surface area (Å²) in [7, 11) is 0. The number of hydrogen-bond acceptors (Lipinski definition) is 2. The minimum atomic E-state index is 0.733. The predicted octanol–water partition coefficient (Wildman–Crippen LogP) is 5.94. The van der Waals surface area contributed by atoms with Crippen LogP contribution in [0.3, 0.4) is 0 Å². The normalized spacial score (nSPS) is 14.7. The van der Waals surface area contributed by atoms with E-state index >= 15 is 0 Å². The molecule has 0 N–H and O–H groups in total. The fourth-order valence-electron chi connectivity index (χ4n) is 3.31. The van der Waals surface area contributed by atoms with Gasteiger partial charge in [0.25, 0.3) is 0 Å². The van der Waals surface area contributed by atoms with Gasteiger partial charge in [0.05, 0.1) is 0 Å². The summed E-state index contributed by atoms with van der Waals surface area (Å²) >= 11 is 1.78. The summed E-state index contributed by atoms with van der Waals surface area (Å²) in [6.45, 7) is 7.31. The molecule has 0 bridgehead atoms. The van der Waals surface area contributed by atoms with E-state index in [9.17, 15) is 0 Å². The fraction of sp³-hybridized carbons (Fsp3) is 0.400. The Balaban J connectivity index is 1.78.